The van der Waals surface area contributed by atoms with E-state index in [0.29, 0.717) is 19.4 Å². The molecule has 4 rings (SSSR count). The van der Waals surface area contributed by atoms with Crippen LogP contribution in [0.2, 0.25) is 0 Å². The number of benzene rings is 2. The lowest BCUT2D eigenvalue weighted by molar-refractivity contribution is -0.161. The lowest BCUT2D eigenvalue weighted by Crippen LogP contribution is -2.54. The minimum atomic E-state index is -1.07. The van der Waals surface area contributed by atoms with Gasteiger partial charge in [-0.1, -0.05) is 55.8 Å². The fourth-order valence-electron chi connectivity index (χ4n) is 5.26. The molecule has 2 amide bonds. The summed E-state index contributed by atoms with van der Waals surface area (Å²) in [4.78, 5) is 41.4. The standard InChI is InChI=1S/C31H42N2O6/c1-8-22-17-31(22,27(35)38-29(2,3)4)32-26(34)25-16-23(18-33(25)28(36)39-30(5,6)7)37-19-21-14-11-13-20-12-9-10-15-24(20)21/h9-15,22-23,25H,8,16-19H2,1-7H3,(H,32,34)/t22-,23-,25+,31-/m1/s1. The van der Waals surface area contributed by atoms with Crippen molar-refractivity contribution in [3.8, 4) is 0 Å². The van der Waals surface area contributed by atoms with Crippen LogP contribution in [0.5, 0.6) is 0 Å². The predicted octanol–water partition coefficient (Wildman–Crippen LogP) is 5.36. The Morgan fingerprint density at radius 3 is 2.28 bits per heavy atom. The zero-order valence-corrected chi connectivity index (χ0v) is 24.2. The van der Waals surface area contributed by atoms with Crippen molar-refractivity contribution < 1.29 is 28.6 Å². The Kier molecular flexibility index (Phi) is 7.99. The molecule has 0 radical (unpaired) electrons. The Bertz CT molecular complexity index is 1220. The molecule has 0 unspecified atom stereocenters. The number of ether oxygens (including phenoxy) is 3. The first kappa shape index (κ1) is 28.9. The van der Waals surface area contributed by atoms with Gasteiger partial charge in [-0.3, -0.25) is 9.69 Å². The summed E-state index contributed by atoms with van der Waals surface area (Å²) in [5.74, 6) is -0.828. The SMILES string of the molecule is CC[C@@H]1C[C@]1(NC(=O)[C@@H]1C[C@@H](OCc2cccc3ccccc23)CN1C(=O)OC(C)(C)C)C(=O)OC(C)(C)C. The Morgan fingerprint density at radius 1 is 0.974 bits per heavy atom. The van der Waals surface area contributed by atoms with Crippen molar-refractivity contribution in [3.05, 3.63) is 48.0 Å². The van der Waals surface area contributed by atoms with Gasteiger partial charge in [0.1, 0.15) is 22.8 Å². The van der Waals surface area contributed by atoms with Crippen molar-refractivity contribution in [2.45, 2.75) is 103 Å². The third-order valence-electron chi connectivity index (χ3n) is 7.26. The van der Waals surface area contributed by atoms with Gasteiger partial charge in [-0.05, 0) is 70.2 Å². The molecule has 1 saturated carbocycles. The number of hydrogen-bond donors (Lipinski definition) is 1. The lowest BCUT2D eigenvalue weighted by Gasteiger charge is -2.30. The van der Waals surface area contributed by atoms with Crippen molar-refractivity contribution in [1.29, 1.82) is 0 Å². The normalized spacial score (nSPS) is 24.9. The van der Waals surface area contributed by atoms with Crippen LogP contribution in [0.3, 0.4) is 0 Å². The third-order valence-corrected chi connectivity index (χ3v) is 7.26. The molecule has 1 aliphatic carbocycles. The van der Waals surface area contributed by atoms with Crippen molar-refractivity contribution in [2.75, 3.05) is 6.54 Å². The molecule has 212 valence electrons. The number of carbonyl (C=O) groups excluding carboxylic acids is 3. The highest BCUT2D eigenvalue weighted by Gasteiger charge is 2.62. The maximum atomic E-state index is 13.7. The number of hydrogen-bond acceptors (Lipinski definition) is 6. The van der Waals surface area contributed by atoms with Crippen LogP contribution in [0, 0.1) is 5.92 Å². The van der Waals surface area contributed by atoms with Crippen LogP contribution in [0.1, 0.15) is 73.3 Å². The molecule has 2 fully saturated rings. The quantitative estimate of drug-likeness (QED) is 0.477. The number of esters is 1. The number of nitrogens with zero attached hydrogens (tertiary/aromatic N) is 1. The molecule has 8 heteroatoms. The van der Waals surface area contributed by atoms with E-state index in [1.165, 1.54) is 4.90 Å². The average Bonchev–Trinajstić information content (AvgIpc) is 3.38. The van der Waals surface area contributed by atoms with Gasteiger partial charge in [0, 0.05) is 6.42 Å². The summed E-state index contributed by atoms with van der Waals surface area (Å²) in [6.07, 6.45) is 0.608. The summed E-state index contributed by atoms with van der Waals surface area (Å²) in [5.41, 5.74) is -1.42. The fourth-order valence-corrected chi connectivity index (χ4v) is 5.26. The summed E-state index contributed by atoms with van der Waals surface area (Å²) < 4.78 is 17.6. The number of nitrogens with one attached hydrogen (secondary N) is 1. The molecule has 4 atom stereocenters. The van der Waals surface area contributed by atoms with Crippen molar-refractivity contribution in [2.24, 2.45) is 5.92 Å². The summed E-state index contributed by atoms with van der Waals surface area (Å²) in [6, 6.07) is 13.4. The Hall–Kier alpha value is -3.13. The second-order valence-electron chi connectivity index (χ2n) is 12.7. The number of carbonyl (C=O) groups is 3. The molecular formula is C31H42N2O6. The van der Waals surface area contributed by atoms with Gasteiger partial charge in [-0.2, -0.15) is 0 Å². The summed E-state index contributed by atoms with van der Waals surface area (Å²) in [5, 5.41) is 5.21. The van der Waals surface area contributed by atoms with Gasteiger partial charge in [0.25, 0.3) is 0 Å². The van der Waals surface area contributed by atoms with Gasteiger partial charge in [-0.15, -0.1) is 0 Å². The zero-order chi connectivity index (χ0) is 28.6. The van der Waals surface area contributed by atoms with E-state index in [4.69, 9.17) is 14.2 Å². The van der Waals surface area contributed by atoms with Gasteiger partial charge in [-0.25, -0.2) is 9.59 Å². The van der Waals surface area contributed by atoms with E-state index in [1.54, 1.807) is 20.8 Å². The second kappa shape index (κ2) is 10.8. The summed E-state index contributed by atoms with van der Waals surface area (Å²) in [7, 11) is 0. The van der Waals surface area contributed by atoms with Crippen molar-refractivity contribution in [3.63, 3.8) is 0 Å². The molecule has 39 heavy (non-hydrogen) atoms. The van der Waals surface area contributed by atoms with Crippen LogP contribution in [-0.2, 0) is 30.4 Å². The van der Waals surface area contributed by atoms with Crippen molar-refractivity contribution in [1.82, 2.24) is 10.2 Å². The van der Waals surface area contributed by atoms with E-state index in [9.17, 15) is 14.4 Å². The van der Waals surface area contributed by atoms with Gasteiger partial charge < -0.3 is 19.5 Å². The van der Waals surface area contributed by atoms with Crippen LogP contribution in [0.15, 0.2) is 42.5 Å². The van der Waals surface area contributed by atoms with Gasteiger partial charge in [0.05, 0.1) is 19.3 Å². The van der Waals surface area contributed by atoms with Gasteiger partial charge >= 0.3 is 12.1 Å². The molecule has 1 N–H and O–H groups in total. The van der Waals surface area contributed by atoms with Crippen molar-refractivity contribution >= 4 is 28.7 Å². The third kappa shape index (κ3) is 6.72. The van der Waals surface area contributed by atoms with E-state index in [-0.39, 0.29) is 24.5 Å². The van der Waals surface area contributed by atoms with E-state index >= 15 is 0 Å². The first-order chi connectivity index (χ1) is 18.2. The Morgan fingerprint density at radius 2 is 1.64 bits per heavy atom. The molecule has 2 aromatic rings. The lowest BCUT2D eigenvalue weighted by atomic mass is 10.1. The van der Waals surface area contributed by atoms with Crippen LogP contribution in [0.4, 0.5) is 4.79 Å². The zero-order valence-electron chi connectivity index (χ0n) is 24.2. The van der Waals surface area contributed by atoms with Crippen LogP contribution < -0.4 is 5.32 Å². The molecule has 1 heterocycles. The first-order valence-corrected chi connectivity index (χ1v) is 13.9. The topological polar surface area (TPSA) is 94.2 Å². The smallest absolute Gasteiger partial charge is 0.411 e. The van der Waals surface area contributed by atoms with E-state index in [1.807, 2.05) is 52.0 Å². The minimum Gasteiger partial charge on any atom is -0.458 e. The van der Waals surface area contributed by atoms with Crippen LogP contribution in [-0.4, -0.2) is 58.3 Å². The number of likely N-dealkylation sites (tertiary alicyclic amines) is 1. The molecule has 2 aromatic carbocycles. The highest BCUT2D eigenvalue weighted by atomic mass is 16.6. The second-order valence-corrected chi connectivity index (χ2v) is 12.7. The maximum Gasteiger partial charge on any atom is 0.411 e. The van der Waals surface area contributed by atoms with Gasteiger partial charge in [0.15, 0.2) is 0 Å². The predicted molar refractivity (Wildman–Crippen MR) is 149 cm³/mol. The summed E-state index contributed by atoms with van der Waals surface area (Å²) in [6.45, 7) is 13.3. The molecule has 0 spiro atoms. The molecule has 1 aliphatic heterocycles. The summed E-state index contributed by atoms with van der Waals surface area (Å²) >= 11 is 0. The average molecular weight is 539 g/mol. The molecule has 8 nitrogen and oxygen atoms in total. The number of fused-ring (bicyclic) bond motifs is 1. The Balaban J connectivity index is 1.51. The molecule has 0 bridgehead atoms. The monoisotopic (exact) mass is 538 g/mol. The van der Waals surface area contributed by atoms with E-state index in [2.05, 4.69) is 23.5 Å². The molecular weight excluding hydrogens is 496 g/mol. The first-order valence-electron chi connectivity index (χ1n) is 13.9. The largest absolute Gasteiger partial charge is 0.458 e. The van der Waals surface area contributed by atoms with Gasteiger partial charge in [0.2, 0.25) is 5.91 Å². The molecule has 2 aliphatic rings. The van der Waals surface area contributed by atoms with E-state index in [0.717, 1.165) is 22.8 Å². The number of amides is 2. The fraction of sp³-hybridized carbons (Fsp3) is 0.581. The number of rotatable bonds is 7. The minimum absolute atomic E-state index is 0.00825. The van der Waals surface area contributed by atoms with E-state index < -0.39 is 34.8 Å². The molecule has 0 aromatic heterocycles. The molecule has 1 saturated heterocycles. The van der Waals surface area contributed by atoms with Crippen LogP contribution >= 0.6 is 0 Å². The highest BCUT2D eigenvalue weighted by molar-refractivity contribution is 5.94. The maximum absolute atomic E-state index is 13.7. The van der Waals surface area contributed by atoms with Crippen LogP contribution in [0.25, 0.3) is 10.8 Å². The highest BCUT2D eigenvalue weighted by Crippen LogP contribution is 2.47. The Labute approximate surface area is 231 Å².